The molecule has 19 heavy (non-hydrogen) atoms. The van der Waals surface area contributed by atoms with Crippen molar-refractivity contribution in [1.82, 2.24) is 5.32 Å². The number of rotatable bonds is 3. The van der Waals surface area contributed by atoms with Gasteiger partial charge in [0, 0.05) is 5.39 Å². The summed E-state index contributed by atoms with van der Waals surface area (Å²) >= 11 is 6.19. The minimum atomic E-state index is 0.330. The molecular weight excluding hydrogens is 258 g/mol. The van der Waals surface area contributed by atoms with E-state index < -0.39 is 0 Å². The number of furan rings is 1. The first-order chi connectivity index (χ1) is 9.26. The zero-order valence-electron chi connectivity index (χ0n) is 11.0. The van der Waals surface area contributed by atoms with Crippen molar-refractivity contribution in [2.75, 3.05) is 7.05 Å². The van der Waals surface area contributed by atoms with E-state index in [1.807, 2.05) is 19.2 Å². The van der Waals surface area contributed by atoms with Crippen LogP contribution in [0.5, 0.6) is 0 Å². The Hall–Kier alpha value is -0.990. The van der Waals surface area contributed by atoms with Gasteiger partial charge in [0.05, 0.1) is 11.1 Å². The van der Waals surface area contributed by atoms with Crippen LogP contribution in [0.25, 0.3) is 11.0 Å². The molecule has 3 atom stereocenters. The van der Waals surface area contributed by atoms with E-state index in [4.69, 9.17) is 16.0 Å². The van der Waals surface area contributed by atoms with Crippen molar-refractivity contribution >= 4 is 22.6 Å². The maximum Gasteiger partial charge on any atom is 0.152 e. The smallest absolute Gasteiger partial charge is 0.152 e. The second-order valence-corrected chi connectivity index (χ2v) is 6.47. The maximum absolute atomic E-state index is 6.19. The zero-order chi connectivity index (χ0) is 13.0. The first-order valence-corrected chi connectivity index (χ1v) is 7.49. The summed E-state index contributed by atoms with van der Waals surface area (Å²) in [7, 11) is 2.03. The predicted octanol–water partition coefficient (Wildman–Crippen LogP) is 4.39. The first-order valence-electron chi connectivity index (χ1n) is 7.11. The number of nitrogens with one attached hydrogen (secondary N) is 1. The SMILES string of the molecule is CNC(c1cc2cccc(Cl)c2o1)C1CC2CC2C1. The second-order valence-electron chi connectivity index (χ2n) is 6.06. The van der Waals surface area contributed by atoms with Crippen LogP contribution in [0.2, 0.25) is 5.02 Å². The molecule has 0 spiro atoms. The molecule has 0 amide bonds. The van der Waals surface area contributed by atoms with Gasteiger partial charge in [-0.05, 0) is 56.2 Å². The van der Waals surface area contributed by atoms with Gasteiger partial charge >= 0.3 is 0 Å². The van der Waals surface area contributed by atoms with Crippen molar-refractivity contribution in [3.05, 3.63) is 35.0 Å². The number of hydrogen-bond donors (Lipinski definition) is 1. The number of hydrogen-bond acceptors (Lipinski definition) is 2. The molecule has 2 aliphatic rings. The van der Waals surface area contributed by atoms with Crippen LogP contribution in [0, 0.1) is 17.8 Å². The molecule has 0 radical (unpaired) electrons. The molecule has 3 unspecified atom stereocenters. The topological polar surface area (TPSA) is 25.2 Å². The van der Waals surface area contributed by atoms with Gasteiger partial charge in [-0.1, -0.05) is 23.7 Å². The minimum Gasteiger partial charge on any atom is -0.458 e. The van der Waals surface area contributed by atoms with Gasteiger partial charge in [0.15, 0.2) is 5.58 Å². The van der Waals surface area contributed by atoms with Crippen molar-refractivity contribution in [2.24, 2.45) is 17.8 Å². The third-order valence-corrected chi connectivity index (χ3v) is 5.18. The van der Waals surface area contributed by atoms with Crippen LogP contribution >= 0.6 is 11.6 Å². The van der Waals surface area contributed by atoms with Gasteiger partial charge in [0.1, 0.15) is 5.76 Å². The molecule has 1 heterocycles. The van der Waals surface area contributed by atoms with E-state index in [0.29, 0.717) is 17.0 Å². The summed E-state index contributed by atoms with van der Waals surface area (Å²) in [5, 5.41) is 5.25. The van der Waals surface area contributed by atoms with Crippen molar-refractivity contribution in [3.63, 3.8) is 0 Å². The minimum absolute atomic E-state index is 0.330. The lowest BCUT2D eigenvalue weighted by molar-refractivity contribution is 0.316. The Bertz CT molecular complexity index is 610. The van der Waals surface area contributed by atoms with Crippen LogP contribution < -0.4 is 5.32 Å². The van der Waals surface area contributed by atoms with E-state index in [1.165, 1.54) is 19.3 Å². The predicted molar refractivity (Wildman–Crippen MR) is 77.3 cm³/mol. The van der Waals surface area contributed by atoms with Crippen molar-refractivity contribution in [3.8, 4) is 0 Å². The van der Waals surface area contributed by atoms with E-state index in [2.05, 4.69) is 17.4 Å². The monoisotopic (exact) mass is 275 g/mol. The molecule has 2 saturated carbocycles. The Kier molecular flexibility index (Phi) is 2.64. The normalized spacial score (nSPS) is 30.5. The fraction of sp³-hybridized carbons (Fsp3) is 0.500. The lowest BCUT2D eigenvalue weighted by atomic mass is 9.92. The van der Waals surface area contributed by atoms with Gasteiger partial charge in [0.25, 0.3) is 0 Å². The Morgan fingerprint density at radius 2 is 2.05 bits per heavy atom. The molecule has 0 bridgehead atoms. The Morgan fingerprint density at radius 1 is 1.26 bits per heavy atom. The number of halogens is 1. The van der Waals surface area contributed by atoms with E-state index in [9.17, 15) is 0 Å². The molecule has 1 aromatic heterocycles. The molecule has 100 valence electrons. The molecule has 2 aromatic rings. The van der Waals surface area contributed by atoms with Crippen LogP contribution in [-0.2, 0) is 0 Å². The molecule has 0 saturated heterocycles. The van der Waals surface area contributed by atoms with Gasteiger partial charge in [-0.25, -0.2) is 0 Å². The van der Waals surface area contributed by atoms with Gasteiger partial charge in [-0.2, -0.15) is 0 Å². The van der Waals surface area contributed by atoms with Crippen LogP contribution in [0.15, 0.2) is 28.7 Å². The molecule has 0 aliphatic heterocycles. The number of para-hydroxylation sites is 1. The quantitative estimate of drug-likeness (QED) is 0.898. The summed E-state index contributed by atoms with van der Waals surface area (Å²) in [5.41, 5.74) is 0.822. The van der Waals surface area contributed by atoms with Gasteiger partial charge in [-0.15, -0.1) is 0 Å². The van der Waals surface area contributed by atoms with Crippen LogP contribution in [-0.4, -0.2) is 7.05 Å². The molecule has 1 aromatic carbocycles. The fourth-order valence-electron chi connectivity index (χ4n) is 3.84. The zero-order valence-corrected chi connectivity index (χ0v) is 11.8. The van der Waals surface area contributed by atoms with E-state index in [1.54, 1.807) is 0 Å². The average Bonchev–Trinajstić information content (AvgIpc) is 2.85. The van der Waals surface area contributed by atoms with Crippen LogP contribution in [0.4, 0.5) is 0 Å². The number of benzene rings is 1. The van der Waals surface area contributed by atoms with Gasteiger partial charge in [-0.3, -0.25) is 0 Å². The lowest BCUT2D eigenvalue weighted by Crippen LogP contribution is -2.24. The van der Waals surface area contributed by atoms with Crippen molar-refractivity contribution in [1.29, 1.82) is 0 Å². The van der Waals surface area contributed by atoms with E-state index >= 15 is 0 Å². The standard InChI is InChI=1S/C16H18ClNO/c1-18-15(12-6-10-5-11(10)7-12)14-8-9-3-2-4-13(17)16(9)19-14/h2-4,8,10-12,15,18H,5-7H2,1H3. The van der Waals surface area contributed by atoms with E-state index in [-0.39, 0.29) is 0 Å². The van der Waals surface area contributed by atoms with Crippen molar-refractivity contribution < 1.29 is 4.42 Å². The molecule has 2 nitrogen and oxygen atoms in total. The third-order valence-electron chi connectivity index (χ3n) is 4.88. The Morgan fingerprint density at radius 3 is 2.74 bits per heavy atom. The lowest BCUT2D eigenvalue weighted by Gasteiger charge is -2.22. The van der Waals surface area contributed by atoms with Crippen LogP contribution in [0.1, 0.15) is 31.1 Å². The fourth-order valence-corrected chi connectivity index (χ4v) is 4.07. The molecule has 3 heteroatoms. The third kappa shape index (κ3) is 1.89. The second kappa shape index (κ2) is 4.26. The van der Waals surface area contributed by atoms with Gasteiger partial charge in [0.2, 0.25) is 0 Å². The molecule has 2 aliphatic carbocycles. The van der Waals surface area contributed by atoms with Crippen molar-refractivity contribution in [2.45, 2.75) is 25.3 Å². The summed E-state index contributed by atoms with van der Waals surface area (Å²) in [6.07, 6.45) is 4.15. The summed E-state index contributed by atoms with van der Waals surface area (Å²) in [4.78, 5) is 0. The van der Waals surface area contributed by atoms with Gasteiger partial charge < -0.3 is 9.73 Å². The summed E-state index contributed by atoms with van der Waals surface area (Å²) < 4.78 is 6.02. The largest absolute Gasteiger partial charge is 0.458 e. The molecule has 2 fully saturated rings. The average molecular weight is 276 g/mol. The highest BCUT2D eigenvalue weighted by Crippen LogP contribution is 2.57. The molecule has 1 N–H and O–H groups in total. The highest BCUT2D eigenvalue weighted by atomic mass is 35.5. The maximum atomic E-state index is 6.19. The summed E-state index contributed by atoms with van der Waals surface area (Å²) in [6.45, 7) is 0. The molecule has 4 rings (SSSR count). The van der Waals surface area contributed by atoms with Crippen LogP contribution in [0.3, 0.4) is 0 Å². The molecular formula is C16H18ClNO. The Balaban J connectivity index is 1.69. The summed E-state index contributed by atoms with van der Waals surface area (Å²) in [6, 6.07) is 8.40. The number of fused-ring (bicyclic) bond motifs is 2. The highest BCUT2D eigenvalue weighted by molar-refractivity contribution is 6.34. The highest BCUT2D eigenvalue weighted by Gasteiger charge is 2.48. The first kappa shape index (κ1) is 11.8. The van der Waals surface area contributed by atoms with E-state index in [0.717, 1.165) is 28.6 Å². The Labute approximate surface area is 118 Å². The summed E-state index contributed by atoms with van der Waals surface area (Å²) in [5.74, 6) is 3.74.